The van der Waals surface area contributed by atoms with Crippen LogP contribution in [0.1, 0.15) is 22.5 Å². The highest BCUT2D eigenvalue weighted by Crippen LogP contribution is 2.23. The predicted octanol–water partition coefficient (Wildman–Crippen LogP) is 1.70. The third-order valence-electron chi connectivity index (χ3n) is 3.38. The molecule has 1 aliphatic rings. The van der Waals surface area contributed by atoms with Crippen LogP contribution in [0.2, 0.25) is 0 Å². The molecule has 90 valence electrons. The average Bonchev–Trinajstić information content (AvgIpc) is 2.78. The van der Waals surface area contributed by atoms with Crippen molar-refractivity contribution in [3.63, 3.8) is 0 Å². The summed E-state index contributed by atoms with van der Waals surface area (Å²) in [6, 6.07) is 10.3. The summed E-state index contributed by atoms with van der Waals surface area (Å²) in [4.78, 5) is 0. The Morgan fingerprint density at radius 2 is 2.22 bits per heavy atom. The van der Waals surface area contributed by atoms with Gasteiger partial charge in [0.05, 0.1) is 11.4 Å². The summed E-state index contributed by atoms with van der Waals surface area (Å²) in [5.41, 5.74) is 5.00. The highest BCUT2D eigenvalue weighted by Gasteiger charge is 2.21. The summed E-state index contributed by atoms with van der Waals surface area (Å²) in [6.45, 7) is 3.75. The van der Waals surface area contributed by atoms with Crippen LogP contribution in [0, 0.1) is 18.3 Å². The van der Waals surface area contributed by atoms with Gasteiger partial charge in [0, 0.05) is 25.1 Å². The first kappa shape index (κ1) is 11.0. The molecule has 0 saturated carbocycles. The zero-order chi connectivity index (χ0) is 12.5. The minimum atomic E-state index is 0.542. The molecular weight excluding hydrogens is 224 g/mol. The summed E-state index contributed by atoms with van der Waals surface area (Å²) >= 11 is 0. The normalized spacial score (nSPS) is 14.0. The molecule has 0 saturated heterocycles. The number of hydrogen-bond donors (Lipinski definition) is 1. The quantitative estimate of drug-likeness (QED) is 0.822. The molecule has 0 unspecified atom stereocenters. The summed E-state index contributed by atoms with van der Waals surface area (Å²) in [6.07, 6.45) is 0.915. The van der Waals surface area contributed by atoms with Crippen LogP contribution in [0.4, 0.5) is 0 Å². The topological polar surface area (TPSA) is 53.6 Å². The molecule has 0 fully saturated rings. The number of fused-ring (bicyclic) bond motifs is 1. The summed E-state index contributed by atoms with van der Waals surface area (Å²) in [7, 11) is 0. The number of aryl methyl sites for hydroxylation is 1. The van der Waals surface area contributed by atoms with Crippen molar-refractivity contribution >= 4 is 0 Å². The van der Waals surface area contributed by atoms with Crippen LogP contribution in [0.3, 0.4) is 0 Å². The Morgan fingerprint density at radius 3 is 3.00 bits per heavy atom. The van der Waals surface area contributed by atoms with E-state index < -0.39 is 0 Å². The van der Waals surface area contributed by atoms with Crippen LogP contribution < -0.4 is 5.32 Å². The van der Waals surface area contributed by atoms with E-state index in [0.29, 0.717) is 5.69 Å². The van der Waals surface area contributed by atoms with Gasteiger partial charge in [-0.1, -0.05) is 18.2 Å². The molecular formula is C14H14N4. The van der Waals surface area contributed by atoms with Crippen LogP contribution in [0.15, 0.2) is 24.3 Å². The van der Waals surface area contributed by atoms with Gasteiger partial charge >= 0.3 is 0 Å². The number of nitrogens with zero attached hydrogens (tertiary/aromatic N) is 3. The molecule has 18 heavy (non-hydrogen) atoms. The van der Waals surface area contributed by atoms with E-state index in [-0.39, 0.29) is 0 Å². The van der Waals surface area contributed by atoms with Crippen LogP contribution in [0.5, 0.6) is 0 Å². The minimum absolute atomic E-state index is 0.542. The molecule has 1 aliphatic heterocycles. The van der Waals surface area contributed by atoms with Gasteiger partial charge in [-0.2, -0.15) is 10.4 Å². The maximum atomic E-state index is 9.17. The highest BCUT2D eigenvalue weighted by atomic mass is 15.3. The zero-order valence-corrected chi connectivity index (χ0v) is 10.3. The molecule has 0 aliphatic carbocycles. The van der Waals surface area contributed by atoms with E-state index in [0.717, 1.165) is 30.8 Å². The molecule has 0 atom stereocenters. The lowest BCUT2D eigenvalue weighted by molar-refractivity contribution is 0.622. The lowest BCUT2D eigenvalue weighted by Gasteiger charge is -2.16. The van der Waals surface area contributed by atoms with Crippen LogP contribution in [-0.2, 0) is 13.0 Å². The van der Waals surface area contributed by atoms with Crippen molar-refractivity contribution in [2.75, 3.05) is 6.54 Å². The van der Waals surface area contributed by atoms with E-state index >= 15 is 0 Å². The van der Waals surface area contributed by atoms with E-state index in [1.807, 2.05) is 22.9 Å². The Labute approximate surface area is 106 Å². The van der Waals surface area contributed by atoms with Gasteiger partial charge in [0.2, 0.25) is 0 Å². The second-order valence-corrected chi connectivity index (χ2v) is 4.51. The fourth-order valence-corrected chi connectivity index (χ4v) is 2.44. The Balaban J connectivity index is 2.22. The number of hydrogen-bond acceptors (Lipinski definition) is 3. The van der Waals surface area contributed by atoms with Crippen molar-refractivity contribution in [1.29, 1.82) is 5.26 Å². The SMILES string of the molecule is Cc1ccccc1-n1nc(C#N)c2c1CCNC2. The lowest BCUT2D eigenvalue weighted by Crippen LogP contribution is -2.24. The molecule has 1 N–H and O–H groups in total. The lowest BCUT2D eigenvalue weighted by atomic mass is 10.1. The van der Waals surface area contributed by atoms with Crippen molar-refractivity contribution in [3.05, 3.63) is 46.8 Å². The van der Waals surface area contributed by atoms with E-state index in [9.17, 15) is 0 Å². The van der Waals surface area contributed by atoms with Crippen molar-refractivity contribution in [3.8, 4) is 11.8 Å². The molecule has 1 aromatic carbocycles. The maximum Gasteiger partial charge on any atom is 0.167 e. The van der Waals surface area contributed by atoms with Gasteiger partial charge in [-0.25, -0.2) is 4.68 Å². The first-order valence-electron chi connectivity index (χ1n) is 6.09. The van der Waals surface area contributed by atoms with Crippen LogP contribution in [-0.4, -0.2) is 16.3 Å². The molecule has 0 bridgehead atoms. The number of para-hydroxylation sites is 1. The maximum absolute atomic E-state index is 9.17. The summed E-state index contributed by atoms with van der Waals surface area (Å²) in [5.74, 6) is 0. The molecule has 3 rings (SSSR count). The van der Waals surface area contributed by atoms with Crippen LogP contribution in [0.25, 0.3) is 5.69 Å². The first-order chi connectivity index (χ1) is 8.81. The van der Waals surface area contributed by atoms with Gasteiger partial charge in [-0.15, -0.1) is 0 Å². The smallest absolute Gasteiger partial charge is 0.167 e. The molecule has 0 radical (unpaired) electrons. The number of nitrogens with one attached hydrogen (secondary N) is 1. The van der Waals surface area contributed by atoms with E-state index in [1.165, 1.54) is 11.3 Å². The van der Waals surface area contributed by atoms with E-state index in [1.54, 1.807) is 0 Å². The second kappa shape index (κ2) is 4.28. The molecule has 2 aromatic rings. The Bertz CT molecular complexity index is 634. The third-order valence-corrected chi connectivity index (χ3v) is 3.38. The average molecular weight is 238 g/mol. The fourth-order valence-electron chi connectivity index (χ4n) is 2.44. The van der Waals surface area contributed by atoms with E-state index in [4.69, 9.17) is 5.26 Å². The summed E-state index contributed by atoms with van der Waals surface area (Å²) in [5, 5.41) is 16.9. The van der Waals surface area contributed by atoms with Crippen molar-refractivity contribution < 1.29 is 0 Å². The predicted molar refractivity (Wildman–Crippen MR) is 68.4 cm³/mol. The number of aromatic nitrogens is 2. The summed E-state index contributed by atoms with van der Waals surface area (Å²) < 4.78 is 1.93. The Hall–Kier alpha value is -2.12. The molecule has 1 aromatic heterocycles. The largest absolute Gasteiger partial charge is 0.312 e. The van der Waals surface area contributed by atoms with Crippen molar-refractivity contribution in [2.24, 2.45) is 0 Å². The molecule has 0 amide bonds. The van der Waals surface area contributed by atoms with Gasteiger partial charge in [-0.05, 0) is 18.6 Å². The third kappa shape index (κ3) is 1.60. The molecule has 2 heterocycles. The standard InChI is InChI=1S/C14H14N4/c1-10-4-2-3-5-13(10)18-14-6-7-16-9-11(14)12(8-15)17-18/h2-5,16H,6-7,9H2,1H3. The number of benzene rings is 1. The Morgan fingerprint density at radius 1 is 1.39 bits per heavy atom. The molecule has 0 spiro atoms. The molecule has 4 heteroatoms. The number of nitriles is 1. The fraction of sp³-hybridized carbons (Fsp3) is 0.286. The van der Waals surface area contributed by atoms with Crippen molar-refractivity contribution in [2.45, 2.75) is 19.9 Å². The zero-order valence-electron chi connectivity index (χ0n) is 10.3. The van der Waals surface area contributed by atoms with E-state index in [2.05, 4.69) is 29.5 Å². The molecule has 4 nitrogen and oxygen atoms in total. The van der Waals surface area contributed by atoms with Crippen LogP contribution >= 0.6 is 0 Å². The minimum Gasteiger partial charge on any atom is -0.312 e. The van der Waals surface area contributed by atoms with Crippen molar-refractivity contribution in [1.82, 2.24) is 15.1 Å². The van der Waals surface area contributed by atoms with Gasteiger partial charge in [-0.3, -0.25) is 0 Å². The second-order valence-electron chi connectivity index (χ2n) is 4.51. The van der Waals surface area contributed by atoms with Gasteiger partial charge in [0.25, 0.3) is 0 Å². The monoisotopic (exact) mass is 238 g/mol. The number of rotatable bonds is 1. The first-order valence-corrected chi connectivity index (χ1v) is 6.09. The highest BCUT2D eigenvalue weighted by molar-refractivity contribution is 5.46. The Kier molecular flexibility index (Phi) is 2.62. The van der Waals surface area contributed by atoms with Gasteiger partial charge in [0.1, 0.15) is 6.07 Å². The van der Waals surface area contributed by atoms with Gasteiger partial charge in [0.15, 0.2) is 5.69 Å². The van der Waals surface area contributed by atoms with Gasteiger partial charge < -0.3 is 5.32 Å².